The molecule has 0 radical (unpaired) electrons. The van der Waals surface area contributed by atoms with Crippen LogP contribution in [0, 0.1) is 5.41 Å². The van der Waals surface area contributed by atoms with Crippen LogP contribution < -0.4 is 0 Å². The molecule has 0 bridgehead atoms. The van der Waals surface area contributed by atoms with Crippen molar-refractivity contribution in [3.8, 4) is 0 Å². The molecular formula is C11H26. The van der Waals surface area contributed by atoms with Crippen LogP contribution in [0.3, 0.4) is 0 Å². The Hall–Kier alpha value is -0.260. The Kier molecular flexibility index (Phi) is 15.1. The minimum Gasteiger partial charge on any atom is -0.0996 e. The molecule has 0 aliphatic carbocycles. The highest BCUT2D eigenvalue weighted by molar-refractivity contribution is 4.99. The molecule has 11 heavy (non-hydrogen) atoms. The van der Waals surface area contributed by atoms with E-state index < -0.39 is 0 Å². The molecule has 0 amide bonds. The summed E-state index contributed by atoms with van der Waals surface area (Å²) >= 11 is 0. The molecule has 0 aromatic heterocycles. The summed E-state index contributed by atoms with van der Waals surface area (Å²) in [5.41, 5.74) is 1.55. The molecule has 0 nitrogen and oxygen atoms in total. The van der Waals surface area contributed by atoms with Crippen LogP contribution in [-0.2, 0) is 0 Å². The van der Waals surface area contributed by atoms with Gasteiger partial charge in [0.25, 0.3) is 0 Å². The highest BCUT2D eigenvalue weighted by atomic mass is 14.1. The smallest absolute Gasteiger partial charge is 0.0178 e. The second kappa shape index (κ2) is 9.74. The van der Waals surface area contributed by atoms with Gasteiger partial charge in [-0.1, -0.05) is 60.6 Å². The quantitative estimate of drug-likeness (QED) is 0.450. The average molecular weight is 158 g/mol. The maximum atomic E-state index is 3.83. The molecule has 0 saturated heterocycles. The summed E-state index contributed by atoms with van der Waals surface area (Å²) in [6, 6.07) is 0. The van der Waals surface area contributed by atoms with E-state index in [9.17, 15) is 0 Å². The molecule has 0 fully saturated rings. The van der Waals surface area contributed by atoms with Gasteiger partial charge < -0.3 is 0 Å². The van der Waals surface area contributed by atoms with Crippen LogP contribution in [0.5, 0.6) is 0 Å². The van der Waals surface area contributed by atoms with Gasteiger partial charge in [0.1, 0.15) is 0 Å². The van der Waals surface area contributed by atoms with Crippen molar-refractivity contribution >= 4 is 0 Å². The maximum Gasteiger partial charge on any atom is -0.0178 e. The fourth-order valence-electron chi connectivity index (χ4n) is 0. The van der Waals surface area contributed by atoms with Gasteiger partial charge >= 0.3 is 0 Å². The van der Waals surface area contributed by atoms with E-state index in [1.165, 1.54) is 5.57 Å². The van der Waals surface area contributed by atoms with Crippen LogP contribution in [0.4, 0.5) is 0 Å². The fraction of sp³-hybridized carbons (Fsp3) is 0.818. The molecule has 0 aliphatic rings. The number of hydrogen-bond donors (Lipinski definition) is 0. The zero-order chi connectivity index (χ0) is 10.1. The van der Waals surface area contributed by atoms with Crippen molar-refractivity contribution in [2.24, 2.45) is 5.41 Å². The molecule has 0 unspecified atom stereocenters. The molecule has 0 aromatic carbocycles. The molecule has 0 atom stereocenters. The first-order chi connectivity index (χ1) is 4.94. The first kappa shape index (κ1) is 17.0. The summed E-state index contributed by atoms with van der Waals surface area (Å²) in [5, 5.41) is 0. The van der Waals surface area contributed by atoms with Crippen LogP contribution in [0.25, 0.3) is 0 Å². The predicted octanol–water partition coefficient (Wildman–Crippen LogP) is 4.66. The molecule has 70 valence electrons. The first-order valence-corrected chi connectivity index (χ1v) is 4.60. The molecule has 0 heterocycles. The van der Waals surface area contributed by atoms with Crippen molar-refractivity contribution in [1.29, 1.82) is 0 Å². The van der Waals surface area contributed by atoms with Gasteiger partial charge in [-0.15, -0.1) is 0 Å². The van der Waals surface area contributed by atoms with E-state index in [1.807, 2.05) is 27.7 Å². The third kappa shape index (κ3) is 17.7. The third-order valence-corrected chi connectivity index (χ3v) is 1.28. The standard InChI is InChI=1S/C7H14.2C2H6/c1-6(2)7(3,4)5;2*1-2/h1H2,2-5H3;2*1-2H3. The SMILES string of the molecule is C=C(C)C(C)(C)C.CC.CC. The Morgan fingerprint density at radius 1 is 0.909 bits per heavy atom. The highest BCUT2D eigenvalue weighted by Gasteiger charge is 2.08. The Morgan fingerprint density at radius 2 is 1.00 bits per heavy atom. The number of rotatable bonds is 0. The van der Waals surface area contributed by atoms with Crippen molar-refractivity contribution in [1.82, 2.24) is 0 Å². The largest absolute Gasteiger partial charge is 0.0996 e. The van der Waals surface area contributed by atoms with Crippen LogP contribution >= 0.6 is 0 Å². The van der Waals surface area contributed by atoms with Crippen molar-refractivity contribution in [3.63, 3.8) is 0 Å². The summed E-state index contributed by atoms with van der Waals surface area (Å²) in [4.78, 5) is 0. The summed E-state index contributed by atoms with van der Waals surface area (Å²) in [5.74, 6) is 0. The van der Waals surface area contributed by atoms with E-state index in [0.717, 1.165) is 0 Å². The van der Waals surface area contributed by atoms with Gasteiger partial charge in [-0.3, -0.25) is 0 Å². The zero-order valence-corrected chi connectivity index (χ0v) is 9.71. The Bertz CT molecular complexity index is 72.5. The van der Waals surface area contributed by atoms with Crippen molar-refractivity contribution in [3.05, 3.63) is 12.2 Å². The second-order valence-corrected chi connectivity index (χ2v) is 3.03. The second-order valence-electron chi connectivity index (χ2n) is 3.03. The monoisotopic (exact) mass is 158 g/mol. The predicted molar refractivity (Wildman–Crippen MR) is 57.0 cm³/mol. The maximum absolute atomic E-state index is 3.83. The van der Waals surface area contributed by atoms with Gasteiger partial charge in [-0.05, 0) is 12.3 Å². The van der Waals surface area contributed by atoms with Gasteiger partial charge in [0.15, 0.2) is 0 Å². The van der Waals surface area contributed by atoms with Gasteiger partial charge in [-0.25, -0.2) is 0 Å². The molecule has 0 N–H and O–H groups in total. The van der Waals surface area contributed by atoms with E-state index in [0.29, 0.717) is 5.41 Å². The fourth-order valence-corrected chi connectivity index (χ4v) is 0. The summed E-state index contributed by atoms with van der Waals surface area (Å²) in [7, 11) is 0. The Labute approximate surface area is 73.7 Å². The number of allylic oxidation sites excluding steroid dienone is 1. The summed E-state index contributed by atoms with van der Waals surface area (Å²) in [6.07, 6.45) is 0. The Morgan fingerprint density at radius 3 is 1.00 bits per heavy atom. The lowest BCUT2D eigenvalue weighted by Gasteiger charge is -2.16. The van der Waals surface area contributed by atoms with E-state index in [2.05, 4.69) is 34.3 Å². The van der Waals surface area contributed by atoms with Crippen LogP contribution in [0.1, 0.15) is 55.4 Å². The van der Waals surface area contributed by atoms with E-state index in [4.69, 9.17) is 0 Å². The minimum absolute atomic E-state index is 0.306. The Balaban J connectivity index is -0.000000138. The number of hydrogen-bond acceptors (Lipinski definition) is 0. The normalized spacial score (nSPS) is 8.36. The molecule has 0 aromatic rings. The van der Waals surface area contributed by atoms with Crippen molar-refractivity contribution in [2.75, 3.05) is 0 Å². The molecule has 0 spiro atoms. The van der Waals surface area contributed by atoms with E-state index >= 15 is 0 Å². The minimum atomic E-state index is 0.306. The summed E-state index contributed by atoms with van der Waals surface area (Å²) < 4.78 is 0. The zero-order valence-electron chi connectivity index (χ0n) is 9.71. The topological polar surface area (TPSA) is 0 Å². The van der Waals surface area contributed by atoms with E-state index in [1.54, 1.807) is 0 Å². The van der Waals surface area contributed by atoms with Gasteiger partial charge in [-0.2, -0.15) is 0 Å². The lowest BCUT2D eigenvalue weighted by Crippen LogP contribution is -2.04. The van der Waals surface area contributed by atoms with Gasteiger partial charge in [0, 0.05) is 0 Å². The highest BCUT2D eigenvalue weighted by Crippen LogP contribution is 2.21. The lowest BCUT2D eigenvalue weighted by atomic mass is 9.89. The van der Waals surface area contributed by atoms with Crippen LogP contribution in [-0.4, -0.2) is 0 Å². The van der Waals surface area contributed by atoms with Crippen molar-refractivity contribution < 1.29 is 0 Å². The van der Waals surface area contributed by atoms with Crippen LogP contribution in [0.15, 0.2) is 12.2 Å². The average Bonchev–Trinajstić information content (AvgIpc) is 1.95. The molecule has 0 heteroatoms. The van der Waals surface area contributed by atoms with Crippen molar-refractivity contribution in [2.45, 2.75) is 55.4 Å². The first-order valence-electron chi connectivity index (χ1n) is 4.60. The van der Waals surface area contributed by atoms with Gasteiger partial charge in [0.2, 0.25) is 0 Å². The summed E-state index contributed by atoms with van der Waals surface area (Å²) in [6.45, 7) is 20.4. The van der Waals surface area contributed by atoms with E-state index in [-0.39, 0.29) is 0 Å². The molecular weight excluding hydrogens is 132 g/mol. The molecule has 0 saturated carbocycles. The van der Waals surface area contributed by atoms with Crippen LogP contribution in [0.2, 0.25) is 0 Å². The third-order valence-electron chi connectivity index (χ3n) is 1.28. The lowest BCUT2D eigenvalue weighted by molar-refractivity contribution is 0.506. The van der Waals surface area contributed by atoms with Gasteiger partial charge in [0.05, 0.1) is 0 Å². The molecule has 0 aliphatic heterocycles. The molecule has 0 rings (SSSR count).